The molecule has 0 radical (unpaired) electrons. The Hall–Kier alpha value is -3.76. The van der Waals surface area contributed by atoms with Crippen molar-refractivity contribution in [3.8, 4) is 11.1 Å². The van der Waals surface area contributed by atoms with E-state index in [9.17, 15) is 9.59 Å². The van der Waals surface area contributed by atoms with Crippen molar-refractivity contribution in [2.75, 3.05) is 56.2 Å². The Morgan fingerprint density at radius 2 is 1.63 bits per heavy atom. The monoisotopic (exact) mass is 729 g/mol. The summed E-state index contributed by atoms with van der Waals surface area (Å²) in [4.78, 5) is 30.7. The van der Waals surface area contributed by atoms with Gasteiger partial charge in [-0.15, -0.1) is 11.3 Å². The van der Waals surface area contributed by atoms with E-state index in [2.05, 4.69) is 52.4 Å². The van der Waals surface area contributed by atoms with Crippen molar-refractivity contribution < 1.29 is 18.7 Å². The van der Waals surface area contributed by atoms with E-state index in [1.807, 2.05) is 72.7 Å². The summed E-state index contributed by atoms with van der Waals surface area (Å²) in [7, 11) is 0. The Morgan fingerprint density at radius 1 is 0.923 bits per heavy atom. The van der Waals surface area contributed by atoms with Gasteiger partial charge in [-0.25, -0.2) is 0 Å². The highest BCUT2D eigenvalue weighted by atomic mass is 32.1. The van der Waals surface area contributed by atoms with Gasteiger partial charge in [0.1, 0.15) is 5.58 Å². The molecule has 2 unspecified atom stereocenters. The average Bonchev–Trinajstić information content (AvgIpc) is 3.57. The lowest BCUT2D eigenvalue weighted by atomic mass is 10.0. The highest BCUT2D eigenvalue weighted by Gasteiger charge is 2.26. The molecule has 2 atom stereocenters. The number of morpholine rings is 1. The second-order valence-electron chi connectivity index (χ2n) is 12.7. The molecular formula is C43H59N3O5S. The summed E-state index contributed by atoms with van der Waals surface area (Å²) in [6.45, 7) is 21.8. The zero-order chi connectivity index (χ0) is 37.6. The van der Waals surface area contributed by atoms with Crippen LogP contribution in [-0.4, -0.2) is 69.0 Å². The molecule has 2 aliphatic heterocycles. The summed E-state index contributed by atoms with van der Waals surface area (Å²) < 4.78 is 19.4. The quantitative estimate of drug-likeness (QED) is 0.159. The molecule has 1 N–H and O–H groups in total. The van der Waals surface area contributed by atoms with Crippen LogP contribution >= 0.6 is 11.3 Å². The van der Waals surface area contributed by atoms with Gasteiger partial charge in [0, 0.05) is 82.4 Å². The molecule has 282 valence electrons. The summed E-state index contributed by atoms with van der Waals surface area (Å²) in [5.41, 5.74) is 3.37. The van der Waals surface area contributed by atoms with E-state index in [1.54, 1.807) is 17.4 Å². The number of hydrogen-bond donors (Lipinski definition) is 1. The molecule has 9 heteroatoms. The number of anilines is 2. The highest BCUT2D eigenvalue weighted by molar-refractivity contribution is 7.26. The molecule has 0 saturated carbocycles. The smallest absolute Gasteiger partial charge is 0.241 e. The minimum absolute atomic E-state index is 0.0108. The third-order valence-corrected chi connectivity index (χ3v) is 10.4. The molecule has 3 aromatic carbocycles. The molecule has 1 amide bonds. The van der Waals surface area contributed by atoms with Crippen LogP contribution in [0.4, 0.5) is 11.6 Å². The van der Waals surface area contributed by atoms with Crippen LogP contribution in [0.25, 0.3) is 42.3 Å². The number of carbonyl (C=O) groups excluding carboxylic acids is 1. The van der Waals surface area contributed by atoms with Gasteiger partial charge in [-0.3, -0.25) is 14.5 Å². The number of rotatable bonds is 8. The third-order valence-electron chi connectivity index (χ3n) is 9.22. The van der Waals surface area contributed by atoms with Gasteiger partial charge in [-0.2, -0.15) is 0 Å². The molecule has 8 nitrogen and oxygen atoms in total. The van der Waals surface area contributed by atoms with Crippen molar-refractivity contribution in [3.05, 3.63) is 70.9 Å². The Bertz CT molecular complexity index is 1930. The van der Waals surface area contributed by atoms with Crippen LogP contribution in [-0.2, 0) is 14.3 Å². The summed E-state index contributed by atoms with van der Waals surface area (Å²) >= 11 is 1.72. The van der Waals surface area contributed by atoms with E-state index in [1.165, 1.54) is 6.42 Å². The molecular weight excluding hydrogens is 671 g/mol. The SMILES string of the molecule is CC.CC.CC1CN(C(C)C(=O)Nc2ccc3sc4c(-c5cccc6c(=O)cc(N7CCCCC7)oc56)cccc4c3c2)CCO1.CCCOCC. The van der Waals surface area contributed by atoms with Crippen LogP contribution < -0.4 is 15.6 Å². The van der Waals surface area contributed by atoms with Gasteiger partial charge in [0.05, 0.1) is 24.1 Å². The number of thiophene rings is 1. The van der Waals surface area contributed by atoms with E-state index in [4.69, 9.17) is 13.9 Å². The van der Waals surface area contributed by atoms with E-state index < -0.39 is 0 Å². The number of nitrogens with zero attached hydrogens (tertiary/aromatic N) is 2. The summed E-state index contributed by atoms with van der Waals surface area (Å²) in [6.07, 6.45) is 4.69. The predicted octanol–water partition coefficient (Wildman–Crippen LogP) is 10.4. The Balaban J connectivity index is 0.000000544. The maximum atomic E-state index is 13.2. The molecule has 2 aliphatic rings. The van der Waals surface area contributed by atoms with Crippen LogP contribution in [0.1, 0.15) is 81.1 Å². The molecule has 2 saturated heterocycles. The summed E-state index contributed by atoms with van der Waals surface area (Å²) in [5, 5.41) is 5.95. The zero-order valence-corrected chi connectivity index (χ0v) is 33.4. The zero-order valence-electron chi connectivity index (χ0n) is 32.6. The maximum absolute atomic E-state index is 13.2. The fraction of sp³-hybridized carbons (Fsp3) is 0.488. The minimum atomic E-state index is -0.242. The lowest BCUT2D eigenvalue weighted by Crippen LogP contribution is -2.50. The first-order valence-electron chi connectivity index (χ1n) is 19.4. The van der Waals surface area contributed by atoms with E-state index >= 15 is 0 Å². The number of ether oxygens (including phenoxy) is 2. The Morgan fingerprint density at radius 3 is 2.31 bits per heavy atom. The number of carbonyl (C=O) groups is 1. The summed E-state index contributed by atoms with van der Waals surface area (Å²) in [5.74, 6) is 0.642. The molecule has 0 bridgehead atoms. The number of para-hydroxylation sites is 1. The fourth-order valence-corrected chi connectivity index (χ4v) is 7.84. The molecule has 2 aromatic heterocycles. The van der Waals surface area contributed by atoms with Crippen LogP contribution in [0.5, 0.6) is 0 Å². The molecule has 5 aromatic rings. The third kappa shape index (κ3) is 9.81. The lowest BCUT2D eigenvalue weighted by Gasteiger charge is -2.34. The van der Waals surface area contributed by atoms with Gasteiger partial charge < -0.3 is 24.1 Å². The molecule has 0 spiro atoms. The van der Waals surface area contributed by atoms with Crippen molar-refractivity contribution in [2.24, 2.45) is 0 Å². The van der Waals surface area contributed by atoms with Gasteiger partial charge in [0.15, 0.2) is 11.3 Å². The topological polar surface area (TPSA) is 84.3 Å². The van der Waals surface area contributed by atoms with Crippen LogP contribution in [0.3, 0.4) is 0 Å². The standard InChI is InChI=1S/C34H35N3O4S.C5H12O.2C2H6/c1-21-20-37(16-17-40-21)22(2)34(39)35-23-12-13-30-28(18-23)26-10-7-9-25(33(26)42-30)24-8-6-11-27-29(38)19-31(41-32(24)27)36-14-4-3-5-15-36;1-3-5-6-4-2;2*1-2/h6-13,18-19,21-22H,3-5,14-17,20H2,1-2H3,(H,35,39);3-5H2,1-2H3;2*1-2H3. The molecule has 0 aliphatic carbocycles. The first kappa shape index (κ1) is 41.0. The van der Waals surface area contributed by atoms with Crippen molar-refractivity contribution in [1.29, 1.82) is 0 Å². The minimum Gasteiger partial charge on any atom is -0.440 e. The first-order chi connectivity index (χ1) is 25.4. The normalized spacial score (nSPS) is 16.6. The predicted molar refractivity (Wildman–Crippen MR) is 221 cm³/mol. The second-order valence-corrected chi connectivity index (χ2v) is 13.8. The Labute approximate surface area is 314 Å². The maximum Gasteiger partial charge on any atom is 0.241 e. The Kier molecular flexibility index (Phi) is 16.1. The first-order valence-corrected chi connectivity index (χ1v) is 20.2. The highest BCUT2D eigenvalue weighted by Crippen LogP contribution is 2.42. The van der Waals surface area contributed by atoms with Crippen molar-refractivity contribution in [1.82, 2.24) is 4.90 Å². The molecule has 52 heavy (non-hydrogen) atoms. The number of piperidine rings is 1. The largest absolute Gasteiger partial charge is 0.440 e. The van der Waals surface area contributed by atoms with E-state index in [0.29, 0.717) is 23.5 Å². The van der Waals surface area contributed by atoms with E-state index in [-0.39, 0.29) is 23.5 Å². The average molecular weight is 730 g/mol. The number of nitrogens with one attached hydrogen (secondary N) is 1. The van der Waals surface area contributed by atoms with Gasteiger partial charge in [0.25, 0.3) is 0 Å². The van der Waals surface area contributed by atoms with Gasteiger partial charge in [-0.05, 0) is 70.7 Å². The van der Waals surface area contributed by atoms with Crippen LogP contribution in [0.15, 0.2) is 69.9 Å². The van der Waals surface area contributed by atoms with Gasteiger partial charge in [-0.1, -0.05) is 65.0 Å². The fourth-order valence-electron chi connectivity index (χ4n) is 6.63. The molecule has 2 fully saturated rings. The molecule has 4 heterocycles. The number of benzene rings is 3. The number of amides is 1. The number of fused-ring (bicyclic) bond motifs is 4. The number of hydrogen-bond acceptors (Lipinski definition) is 8. The molecule has 7 rings (SSSR count). The summed E-state index contributed by atoms with van der Waals surface area (Å²) in [6, 6.07) is 19.7. The van der Waals surface area contributed by atoms with Gasteiger partial charge >= 0.3 is 0 Å². The van der Waals surface area contributed by atoms with Crippen LogP contribution in [0.2, 0.25) is 0 Å². The van der Waals surface area contributed by atoms with E-state index in [0.717, 1.165) is 95.6 Å². The van der Waals surface area contributed by atoms with Crippen molar-refractivity contribution in [3.63, 3.8) is 0 Å². The van der Waals surface area contributed by atoms with Gasteiger partial charge in [0.2, 0.25) is 5.91 Å². The van der Waals surface area contributed by atoms with Crippen molar-refractivity contribution in [2.45, 2.75) is 93.2 Å². The lowest BCUT2D eigenvalue weighted by molar-refractivity contribution is -0.123. The van der Waals surface area contributed by atoms with Crippen LogP contribution in [0, 0.1) is 0 Å². The second kappa shape index (κ2) is 20.5. The van der Waals surface area contributed by atoms with Crippen molar-refractivity contribution >= 4 is 60.0 Å².